The highest BCUT2D eigenvalue weighted by molar-refractivity contribution is 5.88. The fourth-order valence-electron chi connectivity index (χ4n) is 1.64. The smallest absolute Gasteiger partial charge is 0.337 e. The van der Waals surface area contributed by atoms with Crippen LogP contribution in [0.15, 0.2) is 24.5 Å². The van der Waals surface area contributed by atoms with Crippen LogP contribution in [0.4, 0.5) is 5.69 Å². The minimum Gasteiger partial charge on any atom is -0.478 e. The number of nitro groups is 1. The number of aromatic nitrogens is 3. The van der Waals surface area contributed by atoms with E-state index in [0.29, 0.717) is 0 Å². The lowest BCUT2D eigenvalue weighted by molar-refractivity contribution is -0.385. The molecule has 2 heterocycles. The molecule has 0 atom stereocenters. The zero-order valence-electron chi connectivity index (χ0n) is 10.8. The SMILES string of the molecule is CC(C)c1ccn(-c2ncc(C(=O)O)cc2[N+](=O)[O-])n1. The van der Waals surface area contributed by atoms with Crippen molar-refractivity contribution in [2.75, 3.05) is 0 Å². The highest BCUT2D eigenvalue weighted by Crippen LogP contribution is 2.22. The minimum atomic E-state index is -1.27. The largest absolute Gasteiger partial charge is 0.478 e. The Labute approximate surface area is 113 Å². The molecule has 0 spiro atoms. The first-order chi connectivity index (χ1) is 9.40. The third-order valence-electron chi connectivity index (χ3n) is 2.71. The van der Waals surface area contributed by atoms with Crippen molar-refractivity contribution in [1.82, 2.24) is 14.8 Å². The lowest BCUT2D eigenvalue weighted by atomic mass is 10.1. The van der Waals surface area contributed by atoms with Crippen LogP contribution >= 0.6 is 0 Å². The summed E-state index contributed by atoms with van der Waals surface area (Å²) in [4.78, 5) is 25.0. The van der Waals surface area contributed by atoms with E-state index in [0.717, 1.165) is 18.0 Å². The molecule has 0 bridgehead atoms. The lowest BCUT2D eigenvalue weighted by Crippen LogP contribution is -2.07. The van der Waals surface area contributed by atoms with Gasteiger partial charge in [-0.05, 0) is 12.0 Å². The number of hydrogen-bond acceptors (Lipinski definition) is 5. The van der Waals surface area contributed by atoms with E-state index in [1.165, 1.54) is 4.68 Å². The van der Waals surface area contributed by atoms with Gasteiger partial charge in [-0.15, -0.1) is 0 Å². The van der Waals surface area contributed by atoms with Crippen LogP contribution in [0.25, 0.3) is 5.82 Å². The Hall–Kier alpha value is -2.77. The summed E-state index contributed by atoms with van der Waals surface area (Å²) in [6.45, 7) is 3.89. The molecular formula is C12H12N4O4. The highest BCUT2D eigenvalue weighted by Gasteiger charge is 2.21. The second kappa shape index (κ2) is 5.08. The van der Waals surface area contributed by atoms with Gasteiger partial charge in [0.2, 0.25) is 5.82 Å². The van der Waals surface area contributed by atoms with Crippen molar-refractivity contribution >= 4 is 11.7 Å². The van der Waals surface area contributed by atoms with Crippen LogP contribution in [0.5, 0.6) is 0 Å². The summed E-state index contributed by atoms with van der Waals surface area (Å²) in [7, 11) is 0. The van der Waals surface area contributed by atoms with Crippen molar-refractivity contribution in [3.05, 3.63) is 45.9 Å². The average Bonchev–Trinajstić information content (AvgIpc) is 2.87. The molecule has 0 aromatic carbocycles. The molecule has 0 fully saturated rings. The van der Waals surface area contributed by atoms with Crippen LogP contribution in [-0.4, -0.2) is 30.8 Å². The summed E-state index contributed by atoms with van der Waals surface area (Å²) in [5, 5.41) is 24.1. The molecule has 2 aromatic rings. The van der Waals surface area contributed by atoms with E-state index < -0.39 is 16.6 Å². The molecule has 1 N–H and O–H groups in total. The van der Waals surface area contributed by atoms with Crippen LogP contribution in [0, 0.1) is 10.1 Å². The van der Waals surface area contributed by atoms with Gasteiger partial charge < -0.3 is 5.11 Å². The van der Waals surface area contributed by atoms with Gasteiger partial charge >= 0.3 is 11.7 Å². The molecule has 0 amide bonds. The normalized spacial score (nSPS) is 10.8. The van der Waals surface area contributed by atoms with Crippen LogP contribution in [0.2, 0.25) is 0 Å². The molecule has 2 aromatic heterocycles. The quantitative estimate of drug-likeness (QED) is 0.675. The number of carboxylic acids is 1. The van der Waals surface area contributed by atoms with Crippen molar-refractivity contribution in [1.29, 1.82) is 0 Å². The molecule has 0 radical (unpaired) electrons. The van der Waals surface area contributed by atoms with Gasteiger partial charge in [0.1, 0.15) is 0 Å². The maximum absolute atomic E-state index is 11.0. The van der Waals surface area contributed by atoms with Crippen molar-refractivity contribution in [2.45, 2.75) is 19.8 Å². The molecular weight excluding hydrogens is 264 g/mol. The van der Waals surface area contributed by atoms with E-state index in [9.17, 15) is 14.9 Å². The minimum absolute atomic E-state index is 0.00750. The monoisotopic (exact) mass is 276 g/mol. The molecule has 104 valence electrons. The summed E-state index contributed by atoms with van der Waals surface area (Å²) in [5.74, 6) is -1.10. The summed E-state index contributed by atoms with van der Waals surface area (Å²) < 4.78 is 1.28. The molecule has 0 aliphatic heterocycles. The number of pyridine rings is 1. The maximum Gasteiger partial charge on any atom is 0.337 e. The molecule has 0 unspecified atom stereocenters. The maximum atomic E-state index is 11.0. The Morgan fingerprint density at radius 3 is 2.70 bits per heavy atom. The summed E-state index contributed by atoms with van der Waals surface area (Å²) in [5.41, 5.74) is 0.128. The molecule has 0 saturated carbocycles. The summed E-state index contributed by atoms with van der Waals surface area (Å²) >= 11 is 0. The van der Waals surface area contributed by atoms with Gasteiger partial charge in [0.15, 0.2) is 0 Å². The third kappa shape index (κ3) is 2.48. The molecule has 0 aliphatic carbocycles. The van der Waals surface area contributed by atoms with Crippen molar-refractivity contribution in [2.24, 2.45) is 0 Å². The van der Waals surface area contributed by atoms with Crippen molar-refractivity contribution in [3.63, 3.8) is 0 Å². The first-order valence-corrected chi connectivity index (χ1v) is 5.84. The summed E-state index contributed by atoms with van der Waals surface area (Å²) in [6.07, 6.45) is 2.63. The van der Waals surface area contributed by atoms with Gasteiger partial charge in [0.25, 0.3) is 0 Å². The molecule has 0 aliphatic rings. The van der Waals surface area contributed by atoms with Gasteiger partial charge in [-0.2, -0.15) is 5.10 Å². The van der Waals surface area contributed by atoms with Gasteiger partial charge in [-0.1, -0.05) is 13.8 Å². The number of carboxylic acid groups (broad SMARTS) is 1. The molecule has 20 heavy (non-hydrogen) atoms. The van der Waals surface area contributed by atoms with Gasteiger partial charge in [0.05, 0.1) is 16.2 Å². The van der Waals surface area contributed by atoms with Crippen molar-refractivity contribution in [3.8, 4) is 5.82 Å². The predicted octanol–water partition coefficient (Wildman–Crippen LogP) is 2.00. The van der Waals surface area contributed by atoms with E-state index in [4.69, 9.17) is 5.11 Å². The lowest BCUT2D eigenvalue weighted by Gasteiger charge is -2.03. The second-order valence-corrected chi connectivity index (χ2v) is 4.47. The fraction of sp³-hybridized carbons (Fsp3) is 0.250. The number of aromatic carboxylic acids is 1. The average molecular weight is 276 g/mol. The Morgan fingerprint density at radius 1 is 1.50 bits per heavy atom. The zero-order valence-corrected chi connectivity index (χ0v) is 10.8. The Morgan fingerprint density at radius 2 is 2.20 bits per heavy atom. The number of hydrogen-bond donors (Lipinski definition) is 1. The molecule has 8 nitrogen and oxygen atoms in total. The van der Waals surface area contributed by atoms with Gasteiger partial charge in [-0.3, -0.25) is 10.1 Å². The Balaban J connectivity index is 2.55. The van der Waals surface area contributed by atoms with E-state index in [-0.39, 0.29) is 17.3 Å². The fourth-order valence-corrected chi connectivity index (χ4v) is 1.64. The van der Waals surface area contributed by atoms with Crippen LogP contribution in [0.3, 0.4) is 0 Å². The number of carbonyl (C=O) groups is 1. The highest BCUT2D eigenvalue weighted by atomic mass is 16.6. The standard InChI is InChI=1S/C12H12N4O4/c1-7(2)9-3-4-15(14-9)11-10(16(19)20)5-8(6-13-11)12(17)18/h3-7H,1-2H3,(H,17,18). The van der Waals surface area contributed by atoms with Crippen LogP contribution in [0.1, 0.15) is 35.8 Å². The van der Waals surface area contributed by atoms with E-state index in [1.54, 1.807) is 12.3 Å². The van der Waals surface area contributed by atoms with Crippen LogP contribution in [-0.2, 0) is 0 Å². The number of rotatable bonds is 4. The topological polar surface area (TPSA) is 111 Å². The molecule has 0 saturated heterocycles. The van der Waals surface area contributed by atoms with E-state index in [1.807, 2.05) is 13.8 Å². The van der Waals surface area contributed by atoms with Gasteiger partial charge in [0, 0.05) is 18.5 Å². The van der Waals surface area contributed by atoms with E-state index >= 15 is 0 Å². The Kier molecular flexibility index (Phi) is 3.47. The molecule has 2 rings (SSSR count). The Bertz CT molecular complexity index is 678. The van der Waals surface area contributed by atoms with Crippen LogP contribution < -0.4 is 0 Å². The first-order valence-electron chi connectivity index (χ1n) is 5.84. The van der Waals surface area contributed by atoms with Crippen molar-refractivity contribution < 1.29 is 14.8 Å². The summed E-state index contributed by atoms with van der Waals surface area (Å²) in [6, 6.07) is 2.71. The van der Waals surface area contributed by atoms with E-state index in [2.05, 4.69) is 10.1 Å². The number of nitrogens with zero attached hydrogens (tertiary/aromatic N) is 4. The first kappa shape index (κ1) is 13.7. The zero-order chi connectivity index (χ0) is 14.9. The predicted molar refractivity (Wildman–Crippen MR) is 69.1 cm³/mol. The third-order valence-corrected chi connectivity index (χ3v) is 2.71. The molecule has 8 heteroatoms. The second-order valence-electron chi connectivity index (χ2n) is 4.47. The van der Waals surface area contributed by atoms with Gasteiger partial charge in [-0.25, -0.2) is 14.5 Å².